The van der Waals surface area contributed by atoms with Gasteiger partial charge < -0.3 is 4.90 Å². The summed E-state index contributed by atoms with van der Waals surface area (Å²) >= 11 is 0. The molecular formula is C20H26N2O2S. The molecule has 0 radical (unpaired) electrons. The van der Waals surface area contributed by atoms with E-state index in [9.17, 15) is 8.42 Å². The Morgan fingerprint density at radius 1 is 0.760 bits per heavy atom. The fourth-order valence-corrected chi connectivity index (χ4v) is 4.86. The van der Waals surface area contributed by atoms with Crippen LogP contribution < -0.4 is 4.90 Å². The molecule has 0 bridgehead atoms. The molecule has 2 aromatic rings. The fourth-order valence-electron chi connectivity index (χ4n) is 3.35. The maximum absolute atomic E-state index is 12.9. The molecule has 0 spiro atoms. The van der Waals surface area contributed by atoms with Crippen LogP contribution in [0.15, 0.2) is 41.3 Å². The summed E-state index contributed by atoms with van der Waals surface area (Å²) in [7, 11) is -3.42. The van der Waals surface area contributed by atoms with E-state index in [0.717, 1.165) is 11.1 Å². The Kier molecular flexibility index (Phi) is 4.89. The SMILES string of the molecule is Cc1ccc(N2CCN(S(=O)(=O)c3ccc(C)c(C)c3)CC2)c(C)c1. The normalized spacial score (nSPS) is 16.2. The zero-order chi connectivity index (χ0) is 18.2. The highest BCUT2D eigenvalue weighted by Crippen LogP contribution is 2.25. The zero-order valence-corrected chi connectivity index (χ0v) is 16.2. The summed E-state index contributed by atoms with van der Waals surface area (Å²) in [6, 6.07) is 11.8. The molecule has 25 heavy (non-hydrogen) atoms. The van der Waals surface area contributed by atoms with Crippen molar-refractivity contribution >= 4 is 15.7 Å². The molecule has 0 atom stereocenters. The molecule has 1 heterocycles. The standard InChI is InChI=1S/C20H26N2O2S/c1-15-5-8-20(18(4)13-15)21-9-11-22(12-10-21)25(23,24)19-7-6-16(2)17(3)14-19/h5-8,13-14H,9-12H2,1-4H3. The van der Waals surface area contributed by atoms with Gasteiger partial charge in [-0.2, -0.15) is 4.31 Å². The van der Waals surface area contributed by atoms with Crippen LogP contribution in [0.3, 0.4) is 0 Å². The third-order valence-corrected chi connectivity index (χ3v) is 6.94. The molecule has 1 saturated heterocycles. The number of benzene rings is 2. The van der Waals surface area contributed by atoms with Crippen LogP contribution in [-0.2, 0) is 10.0 Å². The molecule has 3 rings (SSSR count). The Morgan fingerprint density at radius 3 is 2.04 bits per heavy atom. The average molecular weight is 359 g/mol. The summed E-state index contributed by atoms with van der Waals surface area (Å²) in [5.74, 6) is 0. The molecule has 1 aliphatic rings. The number of hydrogen-bond acceptors (Lipinski definition) is 3. The predicted octanol–water partition coefficient (Wildman–Crippen LogP) is 3.43. The van der Waals surface area contributed by atoms with Crippen molar-refractivity contribution in [1.29, 1.82) is 0 Å². The quantitative estimate of drug-likeness (QED) is 0.844. The van der Waals surface area contributed by atoms with Crippen LogP contribution >= 0.6 is 0 Å². The van der Waals surface area contributed by atoms with Gasteiger partial charge in [0.05, 0.1) is 4.90 Å². The van der Waals surface area contributed by atoms with Crippen LogP contribution in [0.2, 0.25) is 0 Å². The Morgan fingerprint density at radius 2 is 1.44 bits per heavy atom. The Labute approximate surface area is 151 Å². The number of hydrogen-bond donors (Lipinski definition) is 0. The third-order valence-electron chi connectivity index (χ3n) is 5.05. The number of anilines is 1. The Balaban J connectivity index is 1.76. The van der Waals surface area contributed by atoms with Gasteiger partial charge in [0.1, 0.15) is 0 Å². The maximum Gasteiger partial charge on any atom is 0.243 e. The molecule has 0 saturated carbocycles. The van der Waals surface area contributed by atoms with Gasteiger partial charge in [0.25, 0.3) is 0 Å². The molecule has 2 aromatic carbocycles. The van der Waals surface area contributed by atoms with Crippen molar-refractivity contribution in [3.05, 3.63) is 58.7 Å². The number of aryl methyl sites for hydroxylation is 4. The lowest BCUT2D eigenvalue weighted by Crippen LogP contribution is -2.48. The van der Waals surface area contributed by atoms with Gasteiger partial charge in [-0.25, -0.2) is 8.42 Å². The highest BCUT2D eigenvalue weighted by molar-refractivity contribution is 7.89. The summed E-state index contributed by atoms with van der Waals surface area (Å²) in [4.78, 5) is 2.68. The van der Waals surface area contributed by atoms with E-state index >= 15 is 0 Å². The molecule has 1 fully saturated rings. The zero-order valence-electron chi connectivity index (χ0n) is 15.4. The molecule has 0 N–H and O–H groups in total. The number of piperazine rings is 1. The van der Waals surface area contributed by atoms with E-state index in [2.05, 4.69) is 36.9 Å². The smallest absolute Gasteiger partial charge is 0.243 e. The van der Waals surface area contributed by atoms with E-state index < -0.39 is 10.0 Å². The summed E-state index contributed by atoms with van der Waals surface area (Å²) < 4.78 is 27.4. The summed E-state index contributed by atoms with van der Waals surface area (Å²) in [6.07, 6.45) is 0. The highest BCUT2D eigenvalue weighted by Gasteiger charge is 2.29. The van der Waals surface area contributed by atoms with Crippen molar-refractivity contribution in [1.82, 2.24) is 4.31 Å². The van der Waals surface area contributed by atoms with Crippen LogP contribution in [0.1, 0.15) is 22.3 Å². The van der Waals surface area contributed by atoms with Crippen LogP contribution in [0.5, 0.6) is 0 Å². The van der Waals surface area contributed by atoms with Crippen molar-refractivity contribution in [2.24, 2.45) is 0 Å². The van der Waals surface area contributed by atoms with E-state index in [1.807, 2.05) is 19.9 Å². The second kappa shape index (κ2) is 6.81. The fraction of sp³-hybridized carbons (Fsp3) is 0.400. The van der Waals surface area contributed by atoms with Gasteiger partial charge in [-0.1, -0.05) is 23.8 Å². The average Bonchev–Trinajstić information content (AvgIpc) is 2.57. The van der Waals surface area contributed by atoms with E-state index in [1.54, 1.807) is 16.4 Å². The van der Waals surface area contributed by atoms with Gasteiger partial charge >= 0.3 is 0 Å². The lowest BCUT2D eigenvalue weighted by Gasteiger charge is -2.36. The van der Waals surface area contributed by atoms with Gasteiger partial charge in [-0.3, -0.25) is 0 Å². The minimum Gasteiger partial charge on any atom is -0.369 e. The molecule has 4 nitrogen and oxygen atoms in total. The van der Waals surface area contributed by atoms with E-state index in [0.29, 0.717) is 31.1 Å². The molecule has 5 heteroatoms. The van der Waals surface area contributed by atoms with Gasteiger partial charge in [0.2, 0.25) is 10.0 Å². The molecule has 0 unspecified atom stereocenters. The van der Waals surface area contributed by atoms with E-state index in [4.69, 9.17) is 0 Å². The summed E-state index contributed by atoms with van der Waals surface area (Å²) in [5.41, 5.74) is 5.81. The second-order valence-electron chi connectivity index (χ2n) is 6.93. The molecule has 0 amide bonds. The molecule has 1 aliphatic heterocycles. The van der Waals surface area contributed by atoms with E-state index in [1.165, 1.54) is 16.8 Å². The first-order chi connectivity index (χ1) is 11.8. The lowest BCUT2D eigenvalue weighted by atomic mass is 10.1. The molecular weight excluding hydrogens is 332 g/mol. The van der Waals surface area contributed by atoms with Crippen molar-refractivity contribution in [2.75, 3.05) is 31.1 Å². The minimum atomic E-state index is -3.42. The molecule has 0 aliphatic carbocycles. The molecule has 134 valence electrons. The first-order valence-corrected chi connectivity index (χ1v) is 10.1. The lowest BCUT2D eigenvalue weighted by molar-refractivity contribution is 0.384. The van der Waals surface area contributed by atoms with Gasteiger partial charge in [0.15, 0.2) is 0 Å². The summed E-state index contributed by atoms with van der Waals surface area (Å²) in [5, 5.41) is 0. The van der Waals surface area contributed by atoms with Crippen molar-refractivity contribution in [3.8, 4) is 0 Å². The van der Waals surface area contributed by atoms with Crippen molar-refractivity contribution in [2.45, 2.75) is 32.6 Å². The predicted molar refractivity (Wildman–Crippen MR) is 103 cm³/mol. The van der Waals surface area contributed by atoms with Crippen molar-refractivity contribution in [3.63, 3.8) is 0 Å². The number of nitrogens with zero attached hydrogens (tertiary/aromatic N) is 2. The number of sulfonamides is 1. The van der Waals surface area contributed by atoms with Crippen LogP contribution in [0, 0.1) is 27.7 Å². The van der Waals surface area contributed by atoms with Crippen molar-refractivity contribution < 1.29 is 8.42 Å². The Bertz CT molecular complexity index is 883. The Hall–Kier alpha value is -1.85. The van der Waals surface area contributed by atoms with Gasteiger partial charge in [-0.15, -0.1) is 0 Å². The van der Waals surface area contributed by atoms with Gasteiger partial charge in [-0.05, 0) is 62.6 Å². The first kappa shape index (κ1) is 18.0. The van der Waals surface area contributed by atoms with E-state index in [-0.39, 0.29) is 0 Å². The van der Waals surface area contributed by atoms with Crippen LogP contribution in [0.25, 0.3) is 0 Å². The monoisotopic (exact) mass is 358 g/mol. The van der Waals surface area contributed by atoms with Crippen LogP contribution in [0.4, 0.5) is 5.69 Å². The largest absolute Gasteiger partial charge is 0.369 e. The third kappa shape index (κ3) is 3.58. The minimum absolute atomic E-state index is 0.399. The second-order valence-corrected chi connectivity index (χ2v) is 8.87. The summed E-state index contributed by atoms with van der Waals surface area (Å²) in [6.45, 7) is 10.6. The number of rotatable bonds is 3. The highest BCUT2D eigenvalue weighted by atomic mass is 32.2. The topological polar surface area (TPSA) is 40.6 Å². The van der Waals surface area contributed by atoms with Crippen LogP contribution in [-0.4, -0.2) is 38.9 Å². The maximum atomic E-state index is 12.9. The molecule has 0 aromatic heterocycles. The first-order valence-electron chi connectivity index (χ1n) is 8.68. The van der Waals surface area contributed by atoms with Gasteiger partial charge in [0, 0.05) is 31.9 Å².